The molecule has 0 aromatic heterocycles. The van der Waals surface area contributed by atoms with Crippen molar-refractivity contribution < 1.29 is 4.79 Å². The van der Waals surface area contributed by atoms with Gasteiger partial charge in [0.1, 0.15) is 0 Å². The number of amides is 1. The van der Waals surface area contributed by atoms with Crippen LogP contribution in [-0.4, -0.2) is 11.9 Å². The number of aryl methyl sites for hydroxylation is 1. The molecule has 1 aromatic rings. The second-order valence-corrected chi connectivity index (χ2v) is 5.63. The molecule has 1 aliphatic rings. The van der Waals surface area contributed by atoms with Crippen molar-refractivity contribution in [1.82, 2.24) is 5.32 Å². The van der Waals surface area contributed by atoms with E-state index in [1.165, 1.54) is 19.3 Å². The second-order valence-electron chi connectivity index (χ2n) is 4.77. The molecule has 1 aromatic carbocycles. The van der Waals surface area contributed by atoms with Crippen LogP contribution < -0.4 is 5.32 Å². The fraction of sp³-hybridized carbons (Fsp3) is 0.500. The minimum Gasteiger partial charge on any atom is -0.349 e. The number of halogens is 1. The number of nitrogens with one attached hydrogen (secondary N) is 1. The Bertz CT molecular complexity index is 411. The first-order valence-corrected chi connectivity index (χ1v) is 7.03. The predicted molar refractivity (Wildman–Crippen MR) is 73.2 cm³/mol. The molecule has 0 atom stereocenters. The smallest absolute Gasteiger partial charge is 0.251 e. The van der Waals surface area contributed by atoms with Crippen LogP contribution in [0.5, 0.6) is 0 Å². The molecule has 0 unspecified atom stereocenters. The van der Waals surface area contributed by atoms with Gasteiger partial charge in [0, 0.05) is 16.1 Å². The van der Waals surface area contributed by atoms with Crippen LogP contribution in [-0.2, 0) is 0 Å². The number of hydrogen-bond acceptors (Lipinski definition) is 1. The van der Waals surface area contributed by atoms with E-state index in [0.717, 1.165) is 28.4 Å². The van der Waals surface area contributed by atoms with Crippen LogP contribution in [0, 0.1) is 6.92 Å². The van der Waals surface area contributed by atoms with Crippen molar-refractivity contribution in [2.24, 2.45) is 0 Å². The third-order valence-corrected chi connectivity index (χ3v) is 4.25. The van der Waals surface area contributed by atoms with Gasteiger partial charge in [-0.25, -0.2) is 0 Å². The molecule has 92 valence electrons. The minimum atomic E-state index is 0.0625. The molecular weight excluding hydrogens is 278 g/mol. The van der Waals surface area contributed by atoms with Crippen LogP contribution in [0.1, 0.15) is 48.0 Å². The third kappa shape index (κ3) is 3.32. The molecule has 0 bridgehead atoms. The van der Waals surface area contributed by atoms with Gasteiger partial charge in [-0.05, 0) is 43.5 Å². The molecule has 1 amide bonds. The maximum atomic E-state index is 12.0. The SMILES string of the molecule is Cc1cc(C(=O)NC2CCCCC2)ccc1Br. The van der Waals surface area contributed by atoms with Crippen molar-refractivity contribution >= 4 is 21.8 Å². The van der Waals surface area contributed by atoms with Crippen molar-refractivity contribution in [3.05, 3.63) is 33.8 Å². The number of rotatable bonds is 2. The standard InChI is InChI=1S/C14H18BrNO/c1-10-9-11(7-8-13(10)15)14(17)16-12-5-3-2-4-6-12/h7-9,12H,2-6H2,1H3,(H,16,17). The monoisotopic (exact) mass is 295 g/mol. The molecule has 3 heteroatoms. The summed E-state index contributed by atoms with van der Waals surface area (Å²) in [4.78, 5) is 12.0. The van der Waals surface area contributed by atoms with Crippen molar-refractivity contribution in [2.45, 2.75) is 45.1 Å². The summed E-state index contributed by atoms with van der Waals surface area (Å²) in [7, 11) is 0. The average Bonchev–Trinajstić information content (AvgIpc) is 2.34. The van der Waals surface area contributed by atoms with E-state index in [1.54, 1.807) is 0 Å². The summed E-state index contributed by atoms with van der Waals surface area (Å²) in [6.07, 6.45) is 6.04. The highest BCUT2D eigenvalue weighted by Gasteiger charge is 2.16. The van der Waals surface area contributed by atoms with E-state index in [2.05, 4.69) is 21.2 Å². The highest BCUT2D eigenvalue weighted by atomic mass is 79.9. The van der Waals surface area contributed by atoms with Gasteiger partial charge in [-0.15, -0.1) is 0 Å². The molecule has 0 radical (unpaired) electrons. The van der Waals surface area contributed by atoms with Gasteiger partial charge in [-0.2, -0.15) is 0 Å². The van der Waals surface area contributed by atoms with Gasteiger partial charge >= 0.3 is 0 Å². The summed E-state index contributed by atoms with van der Waals surface area (Å²) >= 11 is 3.45. The Labute approximate surface area is 111 Å². The number of hydrogen-bond donors (Lipinski definition) is 1. The van der Waals surface area contributed by atoms with Crippen LogP contribution >= 0.6 is 15.9 Å². The third-order valence-electron chi connectivity index (χ3n) is 3.36. The largest absolute Gasteiger partial charge is 0.349 e. The molecule has 1 saturated carbocycles. The van der Waals surface area contributed by atoms with Gasteiger partial charge in [0.15, 0.2) is 0 Å². The molecule has 0 saturated heterocycles. The van der Waals surface area contributed by atoms with E-state index in [0.29, 0.717) is 6.04 Å². The van der Waals surface area contributed by atoms with E-state index in [4.69, 9.17) is 0 Å². The first-order chi connectivity index (χ1) is 8.16. The van der Waals surface area contributed by atoms with Crippen molar-refractivity contribution in [3.63, 3.8) is 0 Å². The second kappa shape index (κ2) is 5.67. The molecule has 0 heterocycles. The maximum absolute atomic E-state index is 12.0. The van der Waals surface area contributed by atoms with Crippen molar-refractivity contribution in [3.8, 4) is 0 Å². The predicted octanol–water partition coefficient (Wildman–Crippen LogP) is 3.82. The zero-order valence-electron chi connectivity index (χ0n) is 10.1. The van der Waals surface area contributed by atoms with Gasteiger partial charge in [0.25, 0.3) is 5.91 Å². The van der Waals surface area contributed by atoms with Gasteiger partial charge in [0.2, 0.25) is 0 Å². The minimum absolute atomic E-state index is 0.0625. The fourth-order valence-electron chi connectivity index (χ4n) is 2.30. The summed E-state index contributed by atoms with van der Waals surface area (Å²) in [6.45, 7) is 2.00. The van der Waals surface area contributed by atoms with E-state index in [9.17, 15) is 4.79 Å². The summed E-state index contributed by atoms with van der Waals surface area (Å²) in [6, 6.07) is 6.11. The van der Waals surface area contributed by atoms with Crippen LogP contribution in [0.15, 0.2) is 22.7 Å². The normalized spacial score (nSPS) is 16.8. The van der Waals surface area contributed by atoms with Gasteiger partial charge < -0.3 is 5.32 Å². The van der Waals surface area contributed by atoms with E-state index in [-0.39, 0.29) is 5.91 Å². The highest BCUT2D eigenvalue weighted by molar-refractivity contribution is 9.10. The fourth-order valence-corrected chi connectivity index (χ4v) is 2.55. The molecule has 1 aliphatic carbocycles. The lowest BCUT2D eigenvalue weighted by Gasteiger charge is -2.22. The van der Waals surface area contributed by atoms with E-state index >= 15 is 0 Å². The van der Waals surface area contributed by atoms with Crippen LogP contribution in [0.3, 0.4) is 0 Å². The zero-order chi connectivity index (χ0) is 12.3. The highest BCUT2D eigenvalue weighted by Crippen LogP contribution is 2.19. The van der Waals surface area contributed by atoms with Gasteiger partial charge in [-0.3, -0.25) is 4.79 Å². The zero-order valence-corrected chi connectivity index (χ0v) is 11.7. The molecule has 0 aliphatic heterocycles. The van der Waals surface area contributed by atoms with Crippen molar-refractivity contribution in [1.29, 1.82) is 0 Å². The molecule has 2 nitrogen and oxygen atoms in total. The Kier molecular flexibility index (Phi) is 4.21. The Morgan fingerprint density at radius 2 is 2.00 bits per heavy atom. The van der Waals surface area contributed by atoms with E-state index in [1.807, 2.05) is 25.1 Å². The Morgan fingerprint density at radius 1 is 1.29 bits per heavy atom. The topological polar surface area (TPSA) is 29.1 Å². The van der Waals surface area contributed by atoms with Gasteiger partial charge in [0.05, 0.1) is 0 Å². The summed E-state index contributed by atoms with van der Waals surface area (Å²) in [5, 5.41) is 3.13. The maximum Gasteiger partial charge on any atom is 0.251 e. The summed E-state index contributed by atoms with van der Waals surface area (Å²) in [5.74, 6) is 0.0625. The molecular formula is C14H18BrNO. The van der Waals surface area contributed by atoms with E-state index < -0.39 is 0 Å². The molecule has 17 heavy (non-hydrogen) atoms. The lowest BCUT2D eigenvalue weighted by Crippen LogP contribution is -2.36. The van der Waals surface area contributed by atoms with Gasteiger partial charge in [-0.1, -0.05) is 35.2 Å². The van der Waals surface area contributed by atoms with Crippen LogP contribution in [0.4, 0.5) is 0 Å². The van der Waals surface area contributed by atoms with Crippen LogP contribution in [0.2, 0.25) is 0 Å². The lowest BCUT2D eigenvalue weighted by atomic mass is 9.95. The first-order valence-electron chi connectivity index (χ1n) is 6.24. The number of carbonyl (C=O) groups excluding carboxylic acids is 1. The Balaban J connectivity index is 2.01. The lowest BCUT2D eigenvalue weighted by molar-refractivity contribution is 0.0927. The first kappa shape index (κ1) is 12.6. The summed E-state index contributed by atoms with van der Waals surface area (Å²) < 4.78 is 1.05. The Hall–Kier alpha value is -0.830. The molecule has 1 fully saturated rings. The van der Waals surface area contributed by atoms with Crippen LogP contribution in [0.25, 0.3) is 0 Å². The van der Waals surface area contributed by atoms with Crippen molar-refractivity contribution in [2.75, 3.05) is 0 Å². The number of carbonyl (C=O) groups is 1. The average molecular weight is 296 g/mol. The molecule has 2 rings (SSSR count). The molecule has 0 spiro atoms. The summed E-state index contributed by atoms with van der Waals surface area (Å²) in [5.41, 5.74) is 1.86. The number of benzene rings is 1. The Morgan fingerprint density at radius 3 is 2.65 bits per heavy atom. The quantitative estimate of drug-likeness (QED) is 0.883. The molecule has 1 N–H and O–H groups in total.